The van der Waals surface area contributed by atoms with Crippen molar-refractivity contribution < 1.29 is 0 Å². The Bertz CT molecular complexity index is 849. The molecule has 7 nitrogen and oxygen atoms in total. The smallest absolute Gasteiger partial charge is 0.231 e. The highest BCUT2D eigenvalue weighted by Gasteiger charge is 2.08. The molecule has 0 amide bonds. The number of aromatic nitrogens is 5. The van der Waals surface area contributed by atoms with Crippen molar-refractivity contribution in [3.63, 3.8) is 0 Å². The summed E-state index contributed by atoms with van der Waals surface area (Å²) in [5.41, 5.74) is 1.01. The van der Waals surface area contributed by atoms with E-state index in [2.05, 4.69) is 35.6 Å². The Morgan fingerprint density at radius 1 is 1.16 bits per heavy atom. The minimum absolute atomic E-state index is 0.297. The van der Waals surface area contributed by atoms with Gasteiger partial charge in [-0.05, 0) is 41.7 Å². The first-order valence-electron chi connectivity index (χ1n) is 7.12. The number of halogens is 1. The van der Waals surface area contributed by atoms with Gasteiger partial charge in [-0.25, -0.2) is 19.9 Å². The summed E-state index contributed by atoms with van der Waals surface area (Å²) in [5, 5.41) is 7.85. The van der Waals surface area contributed by atoms with Crippen LogP contribution in [0.25, 0.3) is 0 Å². The van der Waals surface area contributed by atoms with E-state index in [0.717, 1.165) is 5.56 Å². The van der Waals surface area contributed by atoms with Gasteiger partial charge in [-0.2, -0.15) is 0 Å². The monoisotopic (exact) mass is 389 g/mol. The summed E-state index contributed by atoms with van der Waals surface area (Å²) in [6.07, 6.45) is 6.80. The Balaban J connectivity index is 1.62. The molecule has 0 radical (unpaired) electrons. The van der Waals surface area contributed by atoms with E-state index in [1.54, 1.807) is 36.9 Å². The molecule has 0 fully saturated rings. The third-order valence-corrected chi connectivity index (χ3v) is 4.06. The number of rotatable bonds is 5. The largest absolute Gasteiger partial charge is 0.358 e. The summed E-state index contributed by atoms with van der Waals surface area (Å²) >= 11 is 12.6. The van der Waals surface area contributed by atoms with Crippen LogP contribution in [0.5, 0.6) is 0 Å². The van der Waals surface area contributed by atoms with Crippen LogP contribution in [0.15, 0.2) is 59.2 Å². The van der Waals surface area contributed by atoms with Gasteiger partial charge in [0, 0.05) is 37.4 Å². The van der Waals surface area contributed by atoms with Gasteiger partial charge < -0.3 is 10.6 Å². The first-order valence-corrected chi connectivity index (χ1v) is 8.72. The lowest BCUT2D eigenvalue weighted by Gasteiger charge is -2.10. The van der Waals surface area contributed by atoms with Gasteiger partial charge in [-0.15, -0.1) is 0 Å². The molecule has 0 spiro atoms. The molecule has 0 aliphatic heterocycles. The van der Waals surface area contributed by atoms with Crippen molar-refractivity contribution in [1.29, 1.82) is 0 Å². The maximum atomic E-state index is 6.06. The van der Waals surface area contributed by atoms with E-state index in [4.69, 9.17) is 23.8 Å². The molecule has 3 aromatic rings. The fraction of sp³-hybridized carbons (Fsp3) is 0.0667. The number of hydrogen-bond acceptors (Lipinski definition) is 7. The molecule has 0 aliphatic carbocycles. The summed E-state index contributed by atoms with van der Waals surface area (Å²) in [4.78, 5) is 20.8. The molecular formula is C15H12ClN7S2. The normalized spacial score (nSPS) is 10.3. The average Bonchev–Trinajstić information content (AvgIpc) is 2.61. The number of nitrogens with one attached hydrogen (secondary N) is 2. The van der Waals surface area contributed by atoms with Gasteiger partial charge in [-0.1, -0.05) is 17.7 Å². The number of pyridine rings is 1. The molecule has 126 valence electrons. The highest BCUT2D eigenvalue weighted by atomic mass is 35.5. The summed E-state index contributed by atoms with van der Waals surface area (Å²) in [5.74, 6) is 0.301. The van der Waals surface area contributed by atoms with Gasteiger partial charge in [0.1, 0.15) is 10.2 Å². The predicted octanol–water partition coefficient (Wildman–Crippen LogP) is 2.95. The highest BCUT2D eigenvalue weighted by molar-refractivity contribution is 7.99. The molecule has 3 rings (SSSR count). The van der Waals surface area contributed by atoms with Crippen molar-refractivity contribution in [3.05, 3.63) is 59.8 Å². The van der Waals surface area contributed by atoms with E-state index in [9.17, 15) is 0 Å². The first-order chi connectivity index (χ1) is 12.2. The summed E-state index contributed by atoms with van der Waals surface area (Å²) in [6.45, 7) is 0.541. The molecule has 0 aliphatic rings. The first kappa shape index (κ1) is 17.5. The van der Waals surface area contributed by atoms with Crippen LogP contribution in [0.2, 0.25) is 5.15 Å². The predicted molar refractivity (Wildman–Crippen MR) is 100 cm³/mol. The zero-order valence-electron chi connectivity index (χ0n) is 12.8. The van der Waals surface area contributed by atoms with Crippen LogP contribution in [-0.4, -0.2) is 30.0 Å². The quantitative estimate of drug-likeness (QED) is 0.388. The Labute approximate surface area is 158 Å². The number of hydrogen-bond donors (Lipinski definition) is 2. The minimum Gasteiger partial charge on any atom is -0.358 e. The second kappa shape index (κ2) is 8.65. The second-order valence-electron chi connectivity index (χ2n) is 4.65. The van der Waals surface area contributed by atoms with Crippen molar-refractivity contribution in [2.45, 2.75) is 16.7 Å². The fourth-order valence-corrected chi connectivity index (χ4v) is 2.90. The van der Waals surface area contributed by atoms with Crippen LogP contribution >= 0.6 is 35.6 Å². The van der Waals surface area contributed by atoms with Crippen molar-refractivity contribution in [2.75, 3.05) is 5.32 Å². The Morgan fingerprint density at radius 2 is 2.00 bits per heavy atom. The Hall–Kier alpha value is -2.36. The van der Waals surface area contributed by atoms with E-state index in [1.807, 2.05) is 12.1 Å². The summed E-state index contributed by atoms with van der Waals surface area (Å²) in [7, 11) is 0. The van der Waals surface area contributed by atoms with E-state index in [1.165, 1.54) is 11.8 Å². The van der Waals surface area contributed by atoms with Gasteiger partial charge in [0.25, 0.3) is 0 Å². The summed E-state index contributed by atoms with van der Waals surface area (Å²) < 4.78 is 0. The van der Waals surface area contributed by atoms with Gasteiger partial charge in [0.2, 0.25) is 5.95 Å². The molecule has 0 bridgehead atoms. The summed E-state index contributed by atoms with van der Waals surface area (Å²) in [6, 6.07) is 7.20. The number of thiocarbonyl (C=S) groups is 1. The van der Waals surface area contributed by atoms with Gasteiger partial charge in [-0.3, -0.25) is 4.98 Å². The van der Waals surface area contributed by atoms with Gasteiger partial charge in [0.05, 0.1) is 0 Å². The van der Waals surface area contributed by atoms with Crippen LogP contribution in [0.1, 0.15) is 5.56 Å². The van der Waals surface area contributed by atoms with E-state index in [0.29, 0.717) is 32.9 Å². The molecule has 3 heterocycles. The molecule has 0 unspecified atom stereocenters. The molecule has 25 heavy (non-hydrogen) atoms. The maximum Gasteiger partial charge on any atom is 0.231 e. The molecular weight excluding hydrogens is 378 g/mol. The van der Waals surface area contributed by atoms with Crippen molar-refractivity contribution in [3.8, 4) is 0 Å². The molecule has 0 saturated carbocycles. The van der Waals surface area contributed by atoms with E-state index < -0.39 is 0 Å². The van der Waals surface area contributed by atoms with Crippen molar-refractivity contribution >= 4 is 46.6 Å². The third-order valence-electron chi connectivity index (χ3n) is 2.81. The maximum absolute atomic E-state index is 6.06. The van der Waals surface area contributed by atoms with Crippen LogP contribution in [0.4, 0.5) is 5.95 Å². The third kappa shape index (κ3) is 5.59. The van der Waals surface area contributed by atoms with Crippen molar-refractivity contribution in [2.24, 2.45) is 0 Å². The minimum atomic E-state index is 0.297. The average molecular weight is 390 g/mol. The number of anilines is 1. The van der Waals surface area contributed by atoms with Crippen LogP contribution in [-0.2, 0) is 6.54 Å². The zero-order valence-corrected chi connectivity index (χ0v) is 15.1. The topological polar surface area (TPSA) is 88.5 Å². The lowest BCUT2D eigenvalue weighted by Crippen LogP contribution is -2.28. The van der Waals surface area contributed by atoms with E-state index in [-0.39, 0.29) is 0 Å². The van der Waals surface area contributed by atoms with Gasteiger partial charge in [0.15, 0.2) is 10.3 Å². The molecule has 0 aromatic carbocycles. The van der Waals surface area contributed by atoms with Crippen LogP contribution < -0.4 is 10.6 Å². The molecule has 3 aromatic heterocycles. The van der Waals surface area contributed by atoms with Crippen LogP contribution in [0, 0.1) is 0 Å². The van der Waals surface area contributed by atoms with Gasteiger partial charge >= 0.3 is 0 Å². The lowest BCUT2D eigenvalue weighted by molar-refractivity contribution is 0.912. The Morgan fingerprint density at radius 3 is 2.76 bits per heavy atom. The molecule has 0 saturated heterocycles. The molecule has 2 N–H and O–H groups in total. The Kier molecular flexibility index (Phi) is 6.04. The highest BCUT2D eigenvalue weighted by Crippen LogP contribution is 2.25. The lowest BCUT2D eigenvalue weighted by atomic mass is 10.3. The fourth-order valence-electron chi connectivity index (χ4n) is 1.77. The van der Waals surface area contributed by atoms with E-state index >= 15 is 0 Å². The second-order valence-corrected chi connectivity index (χ2v) is 6.44. The molecule has 0 atom stereocenters. The standard InChI is InChI=1S/C15H12ClN7S2/c16-11-7-12(25-15-18-5-2-6-19-15)22-13(21-11)23-14(24)20-9-10-3-1-4-17-8-10/h1-8H,9H2,(H2,20,21,22,23,24). The van der Waals surface area contributed by atoms with Crippen molar-refractivity contribution in [1.82, 2.24) is 30.2 Å². The van der Waals surface area contributed by atoms with Crippen LogP contribution in [0.3, 0.4) is 0 Å². The SMILES string of the molecule is S=C(NCc1cccnc1)Nc1nc(Cl)cc(Sc2ncccn2)n1. The zero-order chi connectivity index (χ0) is 17.5. The molecule has 10 heteroatoms. The number of nitrogens with zero attached hydrogens (tertiary/aromatic N) is 5.